The summed E-state index contributed by atoms with van der Waals surface area (Å²) in [5.41, 5.74) is 4.08. The maximum atomic E-state index is 13.2. The zero-order valence-corrected chi connectivity index (χ0v) is 20.9. The van der Waals surface area contributed by atoms with E-state index < -0.39 is 15.9 Å². The molecule has 4 aromatic rings. The fourth-order valence-electron chi connectivity index (χ4n) is 4.03. The van der Waals surface area contributed by atoms with Crippen molar-refractivity contribution in [2.75, 3.05) is 4.72 Å². The van der Waals surface area contributed by atoms with Crippen LogP contribution in [0.25, 0.3) is 11.3 Å². The second kappa shape index (κ2) is 9.25. The lowest BCUT2D eigenvalue weighted by Crippen LogP contribution is -2.24. The number of aryl methyl sites for hydroxylation is 2. The van der Waals surface area contributed by atoms with E-state index in [4.69, 9.17) is 16.3 Å². The van der Waals surface area contributed by atoms with Gasteiger partial charge in [0.05, 0.1) is 10.6 Å². The standard InChI is InChI=1S/C26H21ClN4O4S/c1-15-5-3-6-16(2)24(15)21-13-23-30-26(29-21)31-36(33,34)20-8-4-7-17(12-20)25(32)28-14-18-11-19(27)9-10-22(18)35-23/h3-13H,14H2,1-2H3,(H,28,32)(H,29,30,31). The molecule has 8 nitrogen and oxygen atoms in total. The molecule has 0 radical (unpaired) electrons. The van der Waals surface area contributed by atoms with Crippen molar-refractivity contribution in [2.45, 2.75) is 25.3 Å². The Kier molecular flexibility index (Phi) is 6.11. The van der Waals surface area contributed by atoms with Crippen LogP contribution < -0.4 is 14.8 Å². The van der Waals surface area contributed by atoms with Gasteiger partial charge in [0, 0.05) is 34.3 Å². The SMILES string of the molecule is Cc1cccc(C)c1-c1cc2nc(n1)NS(=O)(=O)c1cccc(c1)C(=O)NCc1cc(Cl)ccc1O2. The number of hydrogen-bond acceptors (Lipinski definition) is 6. The Balaban J connectivity index is 1.72. The number of carbonyl (C=O) groups is 1. The number of amides is 1. The van der Waals surface area contributed by atoms with E-state index in [1.807, 2.05) is 32.0 Å². The lowest BCUT2D eigenvalue weighted by atomic mass is 10.00. The average molecular weight is 521 g/mol. The van der Waals surface area contributed by atoms with E-state index in [0.717, 1.165) is 16.7 Å². The third kappa shape index (κ3) is 4.75. The highest BCUT2D eigenvalue weighted by Crippen LogP contribution is 2.33. The van der Waals surface area contributed by atoms with Gasteiger partial charge >= 0.3 is 0 Å². The predicted molar refractivity (Wildman–Crippen MR) is 137 cm³/mol. The van der Waals surface area contributed by atoms with E-state index in [-0.39, 0.29) is 28.8 Å². The molecule has 0 atom stereocenters. The lowest BCUT2D eigenvalue weighted by molar-refractivity contribution is 0.0950. The molecule has 10 heteroatoms. The average Bonchev–Trinajstić information content (AvgIpc) is 2.83. The number of nitrogens with one attached hydrogen (secondary N) is 2. The molecule has 0 spiro atoms. The fraction of sp³-hybridized carbons (Fsp3) is 0.115. The molecule has 1 aliphatic heterocycles. The highest BCUT2D eigenvalue weighted by Gasteiger charge is 2.21. The van der Waals surface area contributed by atoms with E-state index in [9.17, 15) is 13.2 Å². The monoisotopic (exact) mass is 520 g/mol. The molecule has 4 bridgehead atoms. The Bertz CT molecular complexity index is 1600. The molecule has 0 unspecified atom stereocenters. The van der Waals surface area contributed by atoms with Crippen LogP contribution in [0.5, 0.6) is 11.6 Å². The van der Waals surface area contributed by atoms with Gasteiger partial charge in [-0.25, -0.2) is 18.1 Å². The van der Waals surface area contributed by atoms with Crippen LogP contribution in [0, 0.1) is 13.8 Å². The van der Waals surface area contributed by atoms with E-state index in [1.165, 1.54) is 24.3 Å². The molecule has 1 aromatic heterocycles. The largest absolute Gasteiger partial charge is 0.438 e. The van der Waals surface area contributed by atoms with Crippen LogP contribution in [-0.2, 0) is 16.6 Å². The first kappa shape index (κ1) is 23.8. The Morgan fingerprint density at radius 3 is 2.47 bits per heavy atom. The third-order valence-corrected chi connectivity index (χ3v) is 7.31. The fourth-order valence-corrected chi connectivity index (χ4v) is 5.21. The van der Waals surface area contributed by atoms with Crippen LogP contribution in [0.15, 0.2) is 71.6 Å². The van der Waals surface area contributed by atoms with Crippen molar-refractivity contribution < 1.29 is 17.9 Å². The quantitative estimate of drug-likeness (QED) is 0.354. The molecular weight excluding hydrogens is 500 g/mol. The van der Waals surface area contributed by atoms with Crippen molar-refractivity contribution in [3.8, 4) is 22.9 Å². The van der Waals surface area contributed by atoms with Gasteiger partial charge in [-0.3, -0.25) is 4.79 Å². The first-order chi connectivity index (χ1) is 17.2. The molecule has 2 heterocycles. The summed E-state index contributed by atoms with van der Waals surface area (Å²) in [4.78, 5) is 21.5. The highest BCUT2D eigenvalue weighted by molar-refractivity contribution is 7.92. The van der Waals surface area contributed by atoms with Crippen molar-refractivity contribution in [2.24, 2.45) is 0 Å². The second-order valence-corrected chi connectivity index (χ2v) is 10.5. The maximum Gasteiger partial charge on any atom is 0.264 e. The van der Waals surface area contributed by atoms with Gasteiger partial charge in [-0.05, 0) is 61.4 Å². The Morgan fingerprint density at radius 1 is 0.944 bits per heavy atom. The van der Waals surface area contributed by atoms with Crippen LogP contribution >= 0.6 is 11.6 Å². The Labute approximate surface area is 213 Å². The van der Waals surface area contributed by atoms with E-state index in [1.54, 1.807) is 24.3 Å². The molecule has 3 aromatic carbocycles. The minimum absolute atomic E-state index is 0.0980. The van der Waals surface area contributed by atoms with E-state index in [2.05, 4.69) is 20.0 Å². The molecule has 5 rings (SSSR count). The number of benzene rings is 3. The maximum absolute atomic E-state index is 13.2. The van der Waals surface area contributed by atoms with Gasteiger partial charge in [0.2, 0.25) is 11.8 Å². The topological polar surface area (TPSA) is 110 Å². The number of anilines is 1. The van der Waals surface area contributed by atoms with Crippen molar-refractivity contribution >= 4 is 33.5 Å². The minimum Gasteiger partial charge on any atom is -0.438 e. The molecule has 1 aliphatic rings. The highest BCUT2D eigenvalue weighted by atomic mass is 35.5. The van der Waals surface area contributed by atoms with Crippen LogP contribution in [0.1, 0.15) is 27.0 Å². The smallest absolute Gasteiger partial charge is 0.264 e. The normalized spacial score (nSPS) is 14.5. The van der Waals surface area contributed by atoms with Gasteiger partial charge in [-0.1, -0.05) is 35.9 Å². The van der Waals surface area contributed by atoms with Gasteiger partial charge in [0.1, 0.15) is 5.75 Å². The molecule has 0 aliphatic carbocycles. The first-order valence-electron chi connectivity index (χ1n) is 11.0. The summed E-state index contributed by atoms with van der Waals surface area (Å²) in [6.45, 7) is 4.00. The summed E-state index contributed by atoms with van der Waals surface area (Å²) in [7, 11) is -4.10. The zero-order chi connectivity index (χ0) is 25.4. The zero-order valence-electron chi connectivity index (χ0n) is 19.4. The molecule has 1 amide bonds. The van der Waals surface area contributed by atoms with Crippen molar-refractivity contribution in [1.82, 2.24) is 15.3 Å². The summed E-state index contributed by atoms with van der Waals surface area (Å²) in [6, 6.07) is 18.2. The number of aromatic nitrogens is 2. The van der Waals surface area contributed by atoms with Crippen molar-refractivity contribution in [1.29, 1.82) is 0 Å². The molecule has 2 N–H and O–H groups in total. The second-order valence-electron chi connectivity index (χ2n) is 8.35. The number of fused-ring (bicyclic) bond motifs is 5. The summed E-state index contributed by atoms with van der Waals surface area (Å²) in [6.07, 6.45) is 0. The van der Waals surface area contributed by atoms with Crippen molar-refractivity contribution in [3.05, 3.63) is 94.0 Å². The van der Waals surface area contributed by atoms with Crippen LogP contribution in [-0.4, -0.2) is 24.3 Å². The number of nitrogens with zero attached hydrogens (tertiary/aromatic N) is 2. The van der Waals surface area contributed by atoms with E-state index >= 15 is 0 Å². The van der Waals surface area contributed by atoms with E-state index in [0.29, 0.717) is 22.0 Å². The first-order valence-corrected chi connectivity index (χ1v) is 12.9. The van der Waals surface area contributed by atoms with Crippen LogP contribution in [0.2, 0.25) is 5.02 Å². The molecule has 36 heavy (non-hydrogen) atoms. The molecule has 182 valence electrons. The molecule has 0 saturated heterocycles. The van der Waals surface area contributed by atoms with Gasteiger partial charge in [-0.2, -0.15) is 4.98 Å². The van der Waals surface area contributed by atoms with Crippen LogP contribution in [0.4, 0.5) is 5.95 Å². The Hall–Kier alpha value is -3.95. The number of hydrogen-bond donors (Lipinski definition) is 2. The van der Waals surface area contributed by atoms with Gasteiger partial charge in [-0.15, -0.1) is 0 Å². The van der Waals surface area contributed by atoms with Gasteiger partial charge in [0.25, 0.3) is 15.9 Å². The summed E-state index contributed by atoms with van der Waals surface area (Å²) in [5.74, 6) is -0.0683. The molecular formula is C26H21ClN4O4S. The summed E-state index contributed by atoms with van der Waals surface area (Å²) < 4.78 is 34.9. The number of sulfonamides is 1. The van der Waals surface area contributed by atoms with Gasteiger partial charge in [0.15, 0.2) is 0 Å². The predicted octanol–water partition coefficient (Wildman–Crippen LogP) is 5.25. The number of halogens is 1. The lowest BCUT2D eigenvalue weighted by Gasteiger charge is -2.16. The summed E-state index contributed by atoms with van der Waals surface area (Å²) in [5, 5.41) is 3.26. The molecule has 0 fully saturated rings. The summed E-state index contributed by atoms with van der Waals surface area (Å²) >= 11 is 6.21. The minimum atomic E-state index is -4.10. The van der Waals surface area contributed by atoms with Crippen molar-refractivity contribution in [3.63, 3.8) is 0 Å². The number of rotatable bonds is 1. The number of carbonyl (C=O) groups excluding carboxylic acids is 1. The van der Waals surface area contributed by atoms with Crippen LogP contribution in [0.3, 0.4) is 0 Å². The number of ether oxygens (including phenoxy) is 1. The molecule has 0 saturated carbocycles. The third-order valence-electron chi connectivity index (χ3n) is 5.75. The Morgan fingerprint density at radius 2 is 1.69 bits per heavy atom. The van der Waals surface area contributed by atoms with Gasteiger partial charge < -0.3 is 10.1 Å².